The monoisotopic (exact) mass is 486 g/mol. The third-order valence-corrected chi connectivity index (χ3v) is 10.2. The molecule has 5 aromatic rings. The molecule has 1 heterocycles. The number of fused-ring (bicyclic) bond motifs is 1. The first kappa shape index (κ1) is 21.5. The lowest BCUT2D eigenvalue weighted by molar-refractivity contribution is -0.00000592. The van der Waals surface area contributed by atoms with Gasteiger partial charge in [0.2, 0.25) is 0 Å². The molecule has 0 amide bonds. The predicted octanol–water partition coefficient (Wildman–Crippen LogP) is 2.07. The average molecular weight is 487 g/mol. The normalized spacial score (nSPS) is 11.3. The Morgan fingerprint density at radius 2 is 1.16 bits per heavy atom. The second-order valence-electron chi connectivity index (χ2n) is 7.64. The lowest BCUT2D eigenvalue weighted by Gasteiger charge is -2.28. The van der Waals surface area contributed by atoms with Crippen molar-refractivity contribution in [3.8, 4) is 0 Å². The van der Waals surface area contributed by atoms with Crippen LogP contribution in [0.1, 0.15) is 5.56 Å². The van der Waals surface area contributed by atoms with E-state index in [1.54, 1.807) is 0 Å². The molecule has 0 N–H and O–H groups in total. The molecular weight excluding hydrogens is 463 g/mol. The standard InChI is InChI=1S/C27H24N2P.BrH/c1-29-27-19-22(17-18-23(27)20-28-29)21-30(24-11-5-2-6-12-24,25-13-7-3-8-14-25)26-15-9-4-10-16-26;/h2-20H,21H2,1H3;1H/q+1;/p-1. The second kappa shape index (κ2) is 9.18. The summed E-state index contributed by atoms with van der Waals surface area (Å²) in [7, 11) is 0.135. The molecule has 0 atom stereocenters. The summed E-state index contributed by atoms with van der Waals surface area (Å²) in [6.45, 7) is 0. The fraction of sp³-hybridized carbons (Fsp3) is 0.0741. The molecule has 0 spiro atoms. The average Bonchev–Trinajstić information content (AvgIpc) is 3.19. The van der Waals surface area contributed by atoms with Crippen LogP contribution in [0.25, 0.3) is 10.9 Å². The van der Waals surface area contributed by atoms with Crippen LogP contribution < -0.4 is 32.9 Å². The number of aromatic nitrogens is 2. The topological polar surface area (TPSA) is 17.8 Å². The summed E-state index contributed by atoms with van der Waals surface area (Å²) in [6, 6.07) is 39.9. The quantitative estimate of drug-likeness (QED) is 0.348. The minimum atomic E-state index is -1.88. The van der Waals surface area contributed by atoms with Crippen molar-refractivity contribution >= 4 is 34.1 Å². The van der Waals surface area contributed by atoms with Crippen molar-refractivity contribution in [2.24, 2.45) is 7.05 Å². The molecular formula is C27H24BrN2P. The zero-order valence-corrected chi connectivity index (χ0v) is 19.9. The molecule has 0 aliphatic heterocycles. The van der Waals surface area contributed by atoms with E-state index < -0.39 is 7.26 Å². The molecule has 0 aliphatic rings. The second-order valence-corrected chi connectivity index (χ2v) is 11.1. The van der Waals surface area contributed by atoms with Gasteiger partial charge in [0.05, 0.1) is 17.9 Å². The zero-order valence-electron chi connectivity index (χ0n) is 17.4. The van der Waals surface area contributed by atoms with E-state index in [0.29, 0.717) is 0 Å². The van der Waals surface area contributed by atoms with Crippen LogP contribution in [0, 0.1) is 0 Å². The van der Waals surface area contributed by atoms with Gasteiger partial charge in [0, 0.05) is 12.4 Å². The van der Waals surface area contributed by atoms with E-state index in [1.165, 1.54) is 32.4 Å². The van der Waals surface area contributed by atoms with E-state index in [9.17, 15) is 0 Å². The molecule has 5 rings (SSSR count). The Balaban J connectivity index is 0.00000231. The Bertz CT molecular complexity index is 1170. The highest BCUT2D eigenvalue weighted by Crippen LogP contribution is 2.58. The molecule has 0 radical (unpaired) electrons. The van der Waals surface area contributed by atoms with Gasteiger partial charge in [0.1, 0.15) is 23.2 Å². The van der Waals surface area contributed by atoms with E-state index in [2.05, 4.69) is 114 Å². The van der Waals surface area contributed by atoms with Gasteiger partial charge in [-0.25, -0.2) is 0 Å². The predicted molar refractivity (Wildman–Crippen MR) is 130 cm³/mol. The summed E-state index contributed by atoms with van der Waals surface area (Å²) in [6.07, 6.45) is 2.92. The van der Waals surface area contributed by atoms with Crippen molar-refractivity contribution < 1.29 is 17.0 Å². The molecule has 2 nitrogen and oxygen atoms in total. The summed E-state index contributed by atoms with van der Waals surface area (Å²) in [4.78, 5) is 0. The van der Waals surface area contributed by atoms with Crippen molar-refractivity contribution in [3.05, 3.63) is 121 Å². The Morgan fingerprint density at radius 3 is 1.65 bits per heavy atom. The Kier molecular flexibility index (Phi) is 6.36. The Labute approximate surface area is 194 Å². The first-order valence-electron chi connectivity index (χ1n) is 10.2. The highest BCUT2D eigenvalue weighted by atomic mass is 79.9. The molecule has 0 fully saturated rings. The zero-order chi connectivity index (χ0) is 20.4. The van der Waals surface area contributed by atoms with Gasteiger partial charge in [-0.3, -0.25) is 4.68 Å². The maximum absolute atomic E-state index is 4.43. The molecule has 4 aromatic carbocycles. The van der Waals surface area contributed by atoms with Crippen molar-refractivity contribution in [3.63, 3.8) is 0 Å². The lowest BCUT2D eigenvalue weighted by atomic mass is 10.2. The van der Waals surface area contributed by atoms with E-state index in [-0.39, 0.29) is 17.0 Å². The van der Waals surface area contributed by atoms with Gasteiger partial charge in [0.25, 0.3) is 0 Å². The summed E-state index contributed by atoms with van der Waals surface area (Å²) >= 11 is 0. The molecule has 1 aromatic heterocycles. The number of hydrogen-bond donors (Lipinski definition) is 0. The van der Waals surface area contributed by atoms with Gasteiger partial charge in [-0.05, 0) is 48.0 Å². The number of rotatable bonds is 5. The first-order chi connectivity index (χ1) is 14.8. The summed E-state index contributed by atoms with van der Waals surface area (Å²) in [5.41, 5.74) is 2.52. The van der Waals surface area contributed by atoms with Crippen LogP contribution in [0.15, 0.2) is 115 Å². The van der Waals surface area contributed by atoms with Gasteiger partial charge in [-0.15, -0.1) is 0 Å². The molecule has 0 unspecified atom stereocenters. The number of nitrogens with zero attached hydrogens (tertiary/aromatic N) is 2. The van der Waals surface area contributed by atoms with E-state index in [1.807, 2.05) is 17.9 Å². The molecule has 0 bridgehead atoms. The van der Waals surface area contributed by atoms with Gasteiger partial charge >= 0.3 is 0 Å². The first-order valence-corrected chi connectivity index (χ1v) is 12.2. The van der Waals surface area contributed by atoms with Crippen molar-refractivity contribution in [1.29, 1.82) is 0 Å². The number of benzene rings is 4. The Hall–Kier alpha value is -2.74. The maximum Gasteiger partial charge on any atom is 0.116 e. The van der Waals surface area contributed by atoms with Gasteiger partial charge in [0.15, 0.2) is 0 Å². The minimum absolute atomic E-state index is 0. The smallest absolute Gasteiger partial charge is 0.116 e. The molecule has 0 aliphatic carbocycles. The van der Waals surface area contributed by atoms with Crippen molar-refractivity contribution in [2.75, 3.05) is 0 Å². The van der Waals surface area contributed by atoms with Crippen LogP contribution in [-0.2, 0) is 13.2 Å². The molecule has 0 saturated heterocycles. The number of aryl methyl sites for hydroxylation is 1. The summed E-state index contributed by atoms with van der Waals surface area (Å²) in [5, 5.41) is 9.85. The fourth-order valence-electron chi connectivity index (χ4n) is 4.33. The van der Waals surface area contributed by atoms with Crippen molar-refractivity contribution in [2.45, 2.75) is 6.16 Å². The highest BCUT2D eigenvalue weighted by molar-refractivity contribution is 7.95. The van der Waals surface area contributed by atoms with Gasteiger partial charge in [-0.2, -0.15) is 5.10 Å². The molecule has 4 heteroatoms. The van der Waals surface area contributed by atoms with Gasteiger partial charge < -0.3 is 17.0 Å². The SMILES string of the molecule is Cn1ncc2ccc(C[P+](c3ccccc3)(c3ccccc3)c3ccccc3)cc21.[Br-]. The molecule has 154 valence electrons. The van der Waals surface area contributed by atoms with Crippen LogP contribution in [0.4, 0.5) is 0 Å². The van der Waals surface area contributed by atoms with Crippen LogP contribution >= 0.6 is 7.26 Å². The Morgan fingerprint density at radius 1 is 0.677 bits per heavy atom. The van der Waals surface area contributed by atoms with Crippen molar-refractivity contribution in [1.82, 2.24) is 9.78 Å². The fourth-order valence-corrected chi connectivity index (χ4v) is 8.56. The lowest BCUT2D eigenvalue weighted by Crippen LogP contribution is -3.00. The van der Waals surface area contributed by atoms with Crippen LogP contribution in [0.5, 0.6) is 0 Å². The maximum atomic E-state index is 4.43. The van der Waals surface area contributed by atoms with E-state index in [4.69, 9.17) is 0 Å². The third-order valence-electron chi connectivity index (χ3n) is 5.82. The van der Waals surface area contributed by atoms with Crippen LogP contribution in [-0.4, -0.2) is 9.78 Å². The minimum Gasteiger partial charge on any atom is -1.00 e. The summed E-state index contributed by atoms with van der Waals surface area (Å²) in [5.74, 6) is 0. The van der Waals surface area contributed by atoms with Crippen LogP contribution in [0.3, 0.4) is 0 Å². The van der Waals surface area contributed by atoms with E-state index >= 15 is 0 Å². The molecule has 0 saturated carbocycles. The highest BCUT2D eigenvalue weighted by Gasteiger charge is 2.45. The van der Waals surface area contributed by atoms with Gasteiger partial charge in [-0.1, -0.05) is 66.7 Å². The third kappa shape index (κ3) is 3.96. The largest absolute Gasteiger partial charge is 1.00 e. The van der Waals surface area contributed by atoms with Crippen LogP contribution in [0.2, 0.25) is 0 Å². The molecule has 31 heavy (non-hydrogen) atoms. The number of halogens is 1. The van der Waals surface area contributed by atoms with E-state index in [0.717, 1.165) is 6.16 Å². The number of hydrogen-bond acceptors (Lipinski definition) is 1. The summed E-state index contributed by atoms with van der Waals surface area (Å²) < 4.78 is 1.96.